The molecule has 1 aromatic carbocycles. The van der Waals surface area contributed by atoms with E-state index in [4.69, 9.17) is 16.3 Å². The standard InChI is InChI=1S/C13H13ClN2O3/c1-19-7-6-15-8-12(13(9-15)16(17)18)10-2-4-11(14)5-3-10/h2-5,8-9H,6-7H2,1H3. The van der Waals surface area contributed by atoms with Crippen molar-refractivity contribution in [2.45, 2.75) is 6.54 Å². The van der Waals surface area contributed by atoms with Gasteiger partial charge in [0.05, 0.1) is 23.3 Å². The van der Waals surface area contributed by atoms with Crippen LogP contribution in [0.1, 0.15) is 0 Å². The molecule has 0 fully saturated rings. The lowest BCUT2D eigenvalue weighted by molar-refractivity contribution is -0.384. The van der Waals surface area contributed by atoms with E-state index in [1.165, 1.54) is 6.20 Å². The van der Waals surface area contributed by atoms with E-state index in [0.29, 0.717) is 23.7 Å². The first-order valence-electron chi connectivity index (χ1n) is 5.71. The maximum Gasteiger partial charge on any atom is 0.294 e. The van der Waals surface area contributed by atoms with Crippen LogP contribution >= 0.6 is 11.6 Å². The van der Waals surface area contributed by atoms with Gasteiger partial charge >= 0.3 is 0 Å². The Morgan fingerprint density at radius 1 is 1.32 bits per heavy atom. The molecule has 1 aromatic heterocycles. The molecule has 0 spiro atoms. The lowest BCUT2D eigenvalue weighted by Gasteiger charge is -2.00. The normalized spacial score (nSPS) is 10.6. The zero-order valence-corrected chi connectivity index (χ0v) is 11.1. The largest absolute Gasteiger partial charge is 0.383 e. The maximum absolute atomic E-state index is 11.1. The van der Waals surface area contributed by atoms with Gasteiger partial charge in [-0.15, -0.1) is 0 Å². The number of halogens is 1. The highest BCUT2D eigenvalue weighted by molar-refractivity contribution is 6.30. The molecule has 0 N–H and O–H groups in total. The molecule has 0 unspecified atom stereocenters. The smallest absolute Gasteiger partial charge is 0.294 e. The van der Waals surface area contributed by atoms with Gasteiger partial charge in [0.15, 0.2) is 0 Å². The van der Waals surface area contributed by atoms with Gasteiger partial charge in [-0.25, -0.2) is 0 Å². The average molecular weight is 281 g/mol. The zero-order chi connectivity index (χ0) is 13.8. The second-order valence-corrected chi connectivity index (χ2v) is 4.49. The molecule has 0 aliphatic carbocycles. The predicted molar refractivity (Wildman–Crippen MR) is 73.4 cm³/mol. The Balaban J connectivity index is 2.39. The number of aromatic nitrogens is 1. The first-order chi connectivity index (χ1) is 9.11. The molecule has 0 radical (unpaired) electrons. The predicted octanol–water partition coefficient (Wildman–Crippen LogP) is 3.36. The van der Waals surface area contributed by atoms with Gasteiger partial charge in [0.1, 0.15) is 0 Å². The fourth-order valence-electron chi connectivity index (χ4n) is 1.82. The Morgan fingerprint density at radius 2 is 2.00 bits per heavy atom. The maximum atomic E-state index is 11.1. The van der Waals surface area contributed by atoms with Crippen molar-refractivity contribution in [2.24, 2.45) is 0 Å². The lowest BCUT2D eigenvalue weighted by atomic mass is 10.1. The number of hydrogen-bond acceptors (Lipinski definition) is 3. The monoisotopic (exact) mass is 280 g/mol. The van der Waals surface area contributed by atoms with Crippen molar-refractivity contribution in [3.63, 3.8) is 0 Å². The molecule has 19 heavy (non-hydrogen) atoms. The highest BCUT2D eigenvalue weighted by atomic mass is 35.5. The van der Waals surface area contributed by atoms with Crippen LogP contribution < -0.4 is 0 Å². The molecule has 0 atom stereocenters. The third-order valence-electron chi connectivity index (χ3n) is 2.76. The van der Waals surface area contributed by atoms with Crippen molar-refractivity contribution >= 4 is 17.3 Å². The van der Waals surface area contributed by atoms with Crippen LogP contribution in [0.15, 0.2) is 36.7 Å². The van der Waals surface area contributed by atoms with Gasteiger partial charge in [-0.1, -0.05) is 23.7 Å². The molecule has 0 bridgehead atoms. The molecule has 0 aliphatic rings. The van der Waals surface area contributed by atoms with Crippen LogP contribution in [0.5, 0.6) is 0 Å². The second kappa shape index (κ2) is 5.86. The van der Waals surface area contributed by atoms with Crippen molar-refractivity contribution in [3.8, 4) is 11.1 Å². The summed E-state index contributed by atoms with van der Waals surface area (Å²) in [6.45, 7) is 1.08. The van der Waals surface area contributed by atoms with Crippen LogP contribution in [0.4, 0.5) is 5.69 Å². The van der Waals surface area contributed by atoms with Gasteiger partial charge in [0, 0.05) is 24.9 Å². The molecule has 6 heteroatoms. The summed E-state index contributed by atoms with van der Waals surface area (Å²) >= 11 is 5.82. The fourth-order valence-corrected chi connectivity index (χ4v) is 1.94. The molecule has 2 rings (SSSR count). The van der Waals surface area contributed by atoms with E-state index in [2.05, 4.69) is 0 Å². The van der Waals surface area contributed by atoms with Crippen LogP contribution in [0.3, 0.4) is 0 Å². The van der Waals surface area contributed by atoms with Crippen molar-refractivity contribution in [1.82, 2.24) is 4.57 Å². The highest BCUT2D eigenvalue weighted by Gasteiger charge is 2.18. The summed E-state index contributed by atoms with van der Waals surface area (Å²) in [5.41, 5.74) is 1.43. The number of rotatable bonds is 5. The third-order valence-corrected chi connectivity index (χ3v) is 3.02. The number of hydrogen-bond donors (Lipinski definition) is 0. The van der Waals surface area contributed by atoms with Crippen LogP contribution in [0, 0.1) is 10.1 Å². The SMILES string of the molecule is COCCn1cc(-c2ccc(Cl)cc2)c([N+](=O)[O-])c1. The Labute approximate surface area is 115 Å². The fraction of sp³-hybridized carbons (Fsp3) is 0.231. The third kappa shape index (κ3) is 3.13. The first kappa shape index (κ1) is 13.6. The average Bonchev–Trinajstić information content (AvgIpc) is 2.81. The molecule has 0 amide bonds. The molecule has 100 valence electrons. The molecule has 5 nitrogen and oxygen atoms in total. The second-order valence-electron chi connectivity index (χ2n) is 4.05. The van der Waals surface area contributed by atoms with E-state index < -0.39 is 0 Å². The summed E-state index contributed by atoms with van der Waals surface area (Å²) in [6, 6.07) is 6.97. The number of nitrogens with zero attached hydrogens (tertiary/aromatic N) is 2. The number of methoxy groups -OCH3 is 1. The quantitative estimate of drug-likeness (QED) is 0.623. The Hall–Kier alpha value is -1.85. The van der Waals surface area contributed by atoms with Gasteiger partial charge in [0.2, 0.25) is 0 Å². The minimum atomic E-state index is -0.382. The summed E-state index contributed by atoms with van der Waals surface area (Å²) in [4.78, 5) is 10.7. The summed E-state index contributed by atoms with van der Waals surface area (Å²) in [5.74, 6) is 0. The van der Waals surface area contributed by atoms with Gasteiger partial charge in [-0.05, 0) is 17.7 Å². The molecule has 0 saturated carbocycles. The van der Waals surface area contributed by atoms with Gasteiger partial charge in [-0.2, -0.15) is 0 Å². The van der Waals surface area contributed by atoms with Crippen molar-refractivity contribution in [1.29, 1.82) is 0 Å². The van der Waals surface area contributed by atoms with Crippen molar-refractivity contribution in [3.05, 3.63) is 51.8 Å². The summed E-state index contributed by atoms with van der Waals surface area (Å²) < 4.78 is 6.72. The Kier molecular flexibility index (Phi) is 4.19. The van der Waals surface area contributed by atoms with Crippen LogP contribution in [-0.2, 0) is 11.3 Å². The van der Waals surface area contributed by atoms with Gasteiger partial charge < -0.3 is 9.30 Å². The number of nitro groups is 1. The summed E-state index contributed by atoms with van der Waals surface area (Å²) in [7, 11) is 1.60. The number of ether oxygens (including phenoxy) is 1. The topological polar surface area (TPSA) is 57.3 Å². The first-order valence-corrected chi connectivity index (χ1v) is 6.08. The molecule has 0 saturated heterocycles. The van der Waals surface area contributed by atoms with E-state index in [1.54, 1.807) is 42.1 Å². The van der Waals surface area contributed by atoms with Gasteiger partial charge in [-0.3, -0.25) is 10.1 Å². The van der Waals surface area contributed by atoms with E-state index >= 15 is 0 Å². The minimum Gasteiger partial charge on any atom is -0.383 e. The summed E-state index contributed by atoms with van der Waals surface area (Å²) in [5, 5.41) is 11.7. The van der Waals surface area contributed by atoms with Gasteiger partial charge in [0.25, 0.3) is 5.69 Å². The Morgan fingerprint density at radius 3 is 2.58 bits per heavy atom. The van der Waals surface area contributed by atoms with E-state index in [9.17, 15) is 10.1 Å². The lowest BCUT2D eigenvalue weighted by Crippen LogP contribution is -2.01. The zero-order valence-electron chi connectivity index (χ0n) is 10.4. The molecular formula is C13H13ClN2O3. The van der Waals surface area contributed by atoms with E-state index in [-0.39, 0.29) is 10.6 Å². The number of benzene rings is 1. The molecule has 2 aromatic rings. The van der Waals surface area contributed by atoms with Crippen molar-refractivity contribution in [2.75, 3.05) is 13.7 Å². The summed E-state index contributed by atoms with van der Waals surface area (Å²) in [6.07, 6.45) is 3.27. The van der Waals surface area contributed by atoms with Crippen LogP contribution in [0.2, 0.25) is 5.02 Å². The van der Waals surface area contributed by atoms with E-state index in [1.807, 2.05) is 0 Å². The molecular weight excluding hydrogens is 268 g/mol. The van der Waals surface area contributed by atoms with Crippen LogP contribution in [0.25, 0.3) is 11.1 Å². The van der Waals surface area contributed by atoms with E-state index in [0.717, 1.165) is 5.56 Å². The molecule has 0 aliphatic heterocycles. The molecule has 1 heterocycles. The Bertz CT molecular complexity index is 578. The minimum absolute atomic E-state index is 0.0819. The van der Waals surface area contributed by atoms with Crippen molar-refractivity contribution < 1.29 is 9.66 Å². The van der Waals surface area contributed by atoms with Crippen LogP contribution in [-0.4, -0.2) is 23.2 Å². The highest BCUT2D eigenvalue weighted by Crippen LogP contribution is 2.31.